The van der Waals surface area contributed by atoms with Gasteiger partial charge in [0.15, 0.2) is 6.10 Å². The lowest BCUT2D eigenvalue weighted by Gasteiger charge is -2.18. The fraction of sp³-hybridized carbons (Fsp3) is 0.806. The van der Waals surface area contributed by atoms with Gasteiger partial charge in [0, 0.05) is 19.3 Å². The number of hydrogen-bond donors (Lipinski definition) is 0. The van der Waals surface area contributed by atoms with E-state index < -0.39 is 6.10 Å². The first-order valence-corrected chi connectivity index (χ1v) is 31.8. The van der Waals surface area contributed by atoms with E-state index in [-0.39, 0.29) is 31.1 Å². The number of carbonyl (C=O) groups is 3. The molecule has 0 rings (SSSR count). The van der Waals surface area contributed by atoms with E-state index in [1.54, 1.807) is 0 Å². The van der Waals surface area contributed by atoms with Crippen molar-refractivity contribution in [1.29, 1.82) is 0 Å². The van der Waals surface area contributed by atoms with Gasteiger partial charge >= 0.3 is 17.9 Å². The van der Waals surface area contributed by atoms with Crippen LogP contribution in [-0.2, 0) is 28.6 Å². The molecule has 0 fully saturated rings. The Balaban J connectivity index is 3.97. The van der Waals surface area contributed by atoms with Crippen molar-refractivity contribution in [3.8, 4) is 0 Å². The Labute approximate surface area is 453 Å². The van der Waals surface area contributed by atoms with E-state index in [1.165, 1.54) is 193 Å². The lowest BCUT2D eigenvalue weighted by atomic mass is 10.0. The summed E-state index contributed by atoms with van der Waals surface area (Å²) >= 11 is 0. The first-order chi connectivity index (χ1) is 36.0. The molecular formula is C67H120O6. The standard InChI is InChI=1S/C67H120O6/c1-4-7-10-13-16-18-20-22-24-26-27-28-29-30-31-32-33-34-35-36-37-38-39-40-41-42-44-45-47-49-51-54-57-60-66(69)72-63-64(62-71-65(68)59-56-53-15-12-9-6-3)73-67(70)61-58-55-52-50-48-46-43-25-23-21-19-17-14-11-8-5-2/h19-22,25-27,29-30,43,64H,4-18,23-24,28,31-42,44-63H2,1-3H3/b21-19-,22-20-,27-26-,30-29-,43-25-. The quantitative estimate of drug-likeness (QED) is 0.0261. The molecule has 73 heavy (non-hydrogen) atoms. The van der Waals surface area contributed by atoms with Crippen LogP contribution >= 0.6 is 0 Å². The molecule has 0 saturated heterocycles. The molecule has 0 N–H and O–H groups in total. The highest BCUT2D eigenvalue weighted by molar-refractivity contribution is 5.71. The number of allylic oxidation sites excluding steroid dienone is 10. The summed E-state index contributed by atoms with van der Waals surface area (Å²) in [5, 5.41) is 0. The average molecular weight is 1020 g/mol. The Hall–Kier alpha value is -2.89. The molecule has 0 amide bonds. The third kappa shape index (κ3) is 59.9. The summed E-state index contributed by atoms with van der Waals surface area (Å²) in [5.74, 6) is -0.887. The van der Waals surface area contributed by atoms with Crippen LogP contribution in [0.2, 0.25) is 0 Å². The van der Waals surface area contributed by atoms with E-state index in [0.29, 0.717) is 19.3 Å². The van der Waals surface area contributed by atoms with Crippen molar-refractivity contribution in [2.75, 3.05) is 13.2 Å². The fourth-order valence-corrected chi connectivity index (χ4v) is 9.19. The molecule has 0 saturated carbocycles. The summed E-state index contributed by atoms with van der Waals surface area (Å²) in [4.78, 5) is 37.9. The Morgan fingerprint density at radius 1 is 0.274 bits per heavy atom. The molecule has 6 heteroatoms. The molecule has 0 heterocycles. The zero-order valence-electron chi connectivity index (χ0n) is 48.7. The molecule has 0 bridgehead atoms. The smallest absolute Gasteiger partial charge is 0.306 e. The average Bonchev–Trinajstić information content (AvgIpc) is 3.39. The molecule has 0 aromatic heterocycles. The van der Waals surface area contributed by atoms with E-state index in [2.05, 4.69) is 81.5 Å². The third-order valence-corrected chi connectivity index (χ3v) is 14.0. The summed E-state index contributed by atoms with van der Waals surface area (Å²) in [7, 11) is 0. The van der Waals surface area contributed by atoms with Gasteiger partial charge in [0.05, 0.1) is 0 Å². The van der Waals surface area contributed by atoms with E-state index in [1.807, 2.05) is 0 Å². The summed E-state index contributed by atoms with van der Waals surface area (Å²) in [6.07, 6.45) is 78.5. The molecule has 0 aromatic carbocycles. The second-order valence-electron chi connectivity index (χ2n) is 21.3. The summed E-state index contributed by atoms with van der Waals surface area (Å²) in [6, 6.07) is 0. The summed E-state index contributed by atoms with van der Waals surface area (Å²) < 4.78 is 16.8. The van der Waals surface area contributed by atoms with Crippen LogP contribution in [0, 0.1) is 0 Å². The van der Waals surface area contributed by atoms with Crippen LogP contribution in [0.5, 0.6) is 0 Å². The van der Waals surface area contributed by atoms with Gasteiger partial charge in [-0.15, -0.1) is 0 Å². The Morgan fingerprint density at radius 2 is 0.493 bits per heavy atom. The van der Waals surface area contributed by atoms with Gasteiger partial charge in [-0.1, -0.05) is 281 Å². The molecule has 0 aliphatic rings. The summed E-state index contributed by atoms with van der Waals surface area (Å²) in [6.45, 7) is 6.57. The van der Waals surface area contributed by atoms with Crippen LogP contribution in [0.4, 0.5) is 0 Å². The van der Waals surface area contributed by atoms with Crippen LogP contribution in [0.15, 0.2) is 60.8 Å². The number of rotatable bonds is 58. The van der Waals surface area contributed by atoms with Gasteiger partial charge in [0.1, 0.15) is 13.2 Å². The van der Waals surface area contributed by atoms with E-state index in [4.69, 9.17) is 14.2 Å². The number of unbranched alkanes of at least 4 members (excludes halogenated alkanes) is 37. The van der Waals surface area contributed by atoms with Gasteiger partial charge in [-0.05, 0) is 89.9 Å². The van der Waals surface area contributed by atoms with Crippen molar-refractivity contribution < 1.29 is 28.6 Å². The van der Waals surface area contributed by atoms with Gasteiger partial charge in [-0.25, -0.2) is 0 Å². The van der Waals surface area contributed by atoms with Crippen LogP contribution in [0.1, 0.15) is 329 Å². The molecule has 1 atom stereocenters. The van der Waals surface area contributed by atoms with Crippen molar-refractivity contribution in [2.45, 2.75) is 335 Å². The Bertz CT molecular complexity index is 1310. The first kappa shape index (κ1) is 70.1. The maximum Gasteiger partial charge on any atom is 0.306 e. The van der Waals surface area contributed by atoms with Crippen LogP contribution < -0.4 is 0 Å². The highest BCUT2D eigenvalue weighted by Crippen LogP contribution is 2.17. The first-order valence-electron chi connectivity index (χ1n) is 31.8. The summed E-state index contributed by atoms with van der Waals surface area (Å²) in [5.41, 5.74) is 0. The third-order valence-electron chi connectivity index (χ3n) is 14.0. The van der Waals surface area contributed by atoms with Gasteiger partial charge in [-0.3, -0.25) is 14.4 Å². The van der Waals surface area contributed by atoms with Gasteiger partial charge in [0.25, 0.3) is 0 Å². The van der Waals surface area contributed by atoms with Crippen molar-refractivity contribution in [3.63, 3.8) is 0 Å². The normalized spacial score (nSPS) is 12.4. The zero-order valence-corrected chi connectivity index (χ0v) is 48.7. The van der Waals surface area contributed by atoms with Crippen molar-refractivity contribution in [2.24, 2.45) is 0 Å². The minimum absolute atomic E-state index is 0.0767. The van der Waals surface area contributed by atoms with E-state index >= 15 is 0 Å². The highest BCUT2D eigenvalue weighted by Gasteiger charge is 2.19. The molecule has 424 valence electrons. The lowest BCUT2D eigenvalue weighted by Crippen LogP contribution is -2.30. The monoisotopic (exact) mass is 1020 g/mol. The molecule has 0 aliphatic heterocycles. The predicted octanol–water partition coefficient (Wildman–Crippen LogP) is 21.6. The van der Waals surface area contributed by atoms with E-state index in [0.717, 1.165) is 96.3 Å². The molecular weight excluding hydrogens is 901 g/mol. The maximum atomic E-state index is 12.8. The highest BCUT2D eigenvalue weighted by atomic mass is 16.6. The predicted molar refractivity (Wildman–Crippen MR) is 316 cm³/mol. The molecule has 6 nitrogen and oxygen atoms in total. The fourth-order valence-electron chi connectivity index (χ4n) is 9.19. The van der Waals surface area contributed by atoms with Crippen LogP contribution in [0.3, 0.4) is 0 Å². The number of ether oxygens (including phenoxy) is 3. The number of esters is 3. The SMILES string of the molecule is CCCCCC/C=C\C/C=C\CCCCCCCC(=O)OC(COC(=O)CCCCCCCC)COC(=O)CCCCCCCCCCCCCCCCCCCC/C=C\C/C=C\C/C=C\CCCCCCC. The van der Waals surface area contributed by atoms with Crippen molar-refractivity contribution in [1.82, 2.24) is 0 Å². The van der Waals surface area contributed by atoms with Crippen LogP contribution in [-0.4, -0.2) is 37.2 Å². The van der Waals surface area contributed by atoms with Gasteiger partial charge in [-0.2, -0.15) is 0 Å². The second kappa shape index (κ2) is 61.7. The molecule has 1 unspecified atom stereocenters. The van der Waals surface area contributed by atoms with Crippen molar-refractivity contribution >= 4 is 17.9 Å². The molecule has 0 spiro atoms. The Kier molecular flexibility index (Phi) is 59.2. The minimum atomic E-state index is -0.776. The maximum absolute atomic E-state index is 12.8. The molecule has 0 radical (unpaired) electrons. The largest absolute Gasteiger partial charge is 0.462 e. The minimum Gasteiger partial charge on any atom is -0.462 e. The number of carbonyl (C=O) groups excluding carboxylic acids is 3. The van der Waals surface area contributed by atoms with Gasteiger partial charge < -0.3 is 14.2 Å². The lowest BCUT2D eigenvalue weighted by molar-refractivity contribution is -0.167. The van der Waals surface area contributed by atoms with Gasteiger partial charge in [0.2, 0.25) is 0 Å². The van der Waals surface area contributed by atoms with Crippen LogP contribution in [0.25, 0.3) is 0 Å². The van der Waals surface area contributed by atoms with Crippen molar-refractivity contribution in [3.05, 3.63) is 60.8 Å². The van der Waals surface area contributed by atoms with E-state index in [9.17, 15) is 14.4 Å². The second-order valence-corrected chi connectivity index (χ2v) is 21.3. The number of hydrogen-bond acceptors (Lipinski definition) is 6. The zero-order chi connectivity index (χ0) is 52.9. The molecule has 0 aliphatic carbocycles. The topological polar surface area (TPSA) is 78.9 Å². The Morgan fingerprint density at radius 3 is 0.781 bits per heavy atom. The molecule has 0 aromatic rings.